The first-order valence-electron chi connectivity index (χ1n) is 5.43. The fourth-order valence-electron chi connectivity index (χ4n) is 1.53. The summed E-state index contributed by atoms with van der Waals surface area (Å²) in [5.41, 5.74) is 7.82. The molecule has 0 saturated carbocycles. The molecule has 0 saturated heterocycles. The summed E-state index contributed by atoms with van der Waals surface area (Å²) in [6.07, 6.45) is 0. The van der Waals surface area contributed by atoms with Gasteiger partial charge in [0.15, 0.2) is 0 Å². The van der Waals surface area contributed by atoms with Crippen LogP contribution in [0.5, 0.6) is 0 Å². The number of carbonyl (C=O) groups excluding carboxylic acids is 1. The second-order valence-electron chi connectivity index (χ2n) is 4.18. The highest BCUT2D eigenvalue weighted by molar-refractivity contribution is 7.13. The summed E-state index contributed by atoms with van der Waals surface area (Å²) in [5.74, 6) is 0.0350. The molecule has 2 rings (SSSR count). The van der Waals surface area contributed by atoms with Crippen molar-refractivity contribution in [3.8, 4) is 10.6 Å². The summed E-state index contributed by atoms with van der Waals surface area (Å²) in [7, 11) is 0. The van der Waals surface area contributed by atoms with Crippen LogP contribution in [0.3, 0.4) is 0 Å². The zero-order valence-corrected chi connectivity index (χ0v) is 10.6. The number of amides is 1. The average molecular weight is 246 g/mol. The normalized spacial score (nSPS) is 10.8. The molecule has 0 spiro atoms. The Balaban J connectivity index is 2.30. The van der Waals surface area contributed by atoms with Crippen LogP contribution in [0.2, 0.25) is 0 Å². The van der Waals surface area contributed by atoms with Gasteiger partial charge in [-0.25, -0.2) is 4.98 Å². The van der Waals surface area contributed by atoms with E-state index in [1.807, 2.05) is 12.1 Å². The molecule has 17 heavy (non-hydrogen) atoms. The number of aromatic nitrogens is 1. The Bertz CT molecular complexity index is 529. The SMILES string of the molecule is CC(C)c1ccc(-c2nc(C(N)=O)cs2)cc1. The molecule has 88 valence electrons. The highest BCUT2D eigenvalue weighted by Gasteiger charge is 2.08. The van der Waals surface area contributed by atoms with E-state index in [0.717, 1.165) is 10.6 Å². The maximum atomic E-state index is 11.0. The highest BCUT2D eigenvalue weighted by Crippen LogP contribution is 2.25. The zero-order valence-electron chi connectivity index (χ0n) is 9.81. The number of carbonyl (C=O) groups is 1. The lowest BCUT2D eigenvalue weighted by atomic mass is 10.0. The quantitative estimate of drug-likeness (QED) is 0.905. The van der Waals surface area contributed by atoms with Crippen molar-refractivity contribution in [2.45, 2.75) is 19.8 Å². The first-order chi connectivity index (χ1) is 8.08. The molecule has 3 nitrogen and oxygen atoms in total. The van der Waals surface area contributed by atoms with Crippen molar-refractivity contribution in [2.24, 2.45) is 5.73 Å². The van der Waals surface area contributed by atoms with E-state index in [4.69, 9.17) is 5.73 Å². The maximum Gasteiger partial charge on any atom is 0.268 e. The van der Waals surface area contributed by atoms with E-state index in [9.17, 15) is 4.79 Å². The van der Waals surface area contributed by atoms with Crippen molar-refractivity contribution in [3.05, 3.63) is 40.9 Å². The summed E-state index contributed by atoms with van der Waals surface area (Å²) >= 11 is 1.43. The van der Waals surface area contributed by atoms with E-state index in [1.165, 1.54) is 16.9 Å². The Morgan fingerprint density at radius 3 is 2.41 bits per heavy atom. The Morgan fingerprint density at radius 1 is 1.29 bits per heavy atom. The van der Waals surface area contributed by atoms with Crippen LogP contribution in [0.1, 0.15) is 35.8 Å². The number of nitrogens with two attached hydrogens (primary N) is 1. The molecule has 0 radical (unpaired) electrons. The standard InChI is InChI=1S/C13H14N2OS/c1-8(2)9-3-5-10(6-4-9)13-15-11(7-17-13)12(14)16/h3-8H,1-2H3,(H2,14,16). The van der Waals surface area contributed by atoms with Crippen LogP contribution in [0.15, 0.2) is 29.6 Å². The van der Waals surface area contributed by atoms with Gasteiger partial charge in [-0.3, -0.25) is 4.79 Å². The number of thiazole rings is 1. The van der Waals surface area contributed by atoms with Gasteiger partial charge in [0.1, 0.15) is 10.7 Å². The fraction of sp³-hybridized carbons (Fsp3) is 0.231. The first kappa shape index (κ1) is 11.8. The number of hydrogen-bond donors (Lipinski definition) is 1. The second-order valence-corrected chi connectivity index (χ2v) is 5.04. The van der Waals surface area contributed by atoms with Crippen molar-refractivity contribution < 1.29 is 4.79 Å². The average Bonchev–Trinajstić information content (AvgIpc) is 2.78. The molecule has 0 bridgehead atoms. The molecule has 2 N–H and O–H groups in total. The second kappa shape index (κ2) is 4.67. The molecule has 0 aliphatic carbocycles. The van der Waals surface area contributed by atoms with Gasteiger partial charge < -0.3 is 5.73 Å². The first-order valence-corrected chi connectivity index (χ1v) is 6.31. The monoisotopic (exact) mass is 246 g/mol. The Labute approximate surface area is 104 Å². The van der Waals surface area contributed by atoms with Crippen LogP contribution in [-0.4, -0.2) is 10.9 Å². The lowest BCUT2D eigenvalue weighted by Crippen LogP contribution is -2.10. The summed E-state index contributed by atoms with van der Waals surface area (Å²) in [6.45, 7) is 4.31. The zero-order chi connectivity index (χ0) is 12.4. The molecule has 1 aromatic carbocycles. The molecule has 2 aromatic rings. The number of primary amides is 1. The van der Waals surface area contributed by atoms with Crippen LogP contribution < -0.4 is 5.73 Å². The van der Waals surface area contributed by atoms with Gasteiger partial charge in [0.05, 0.1) is 0 Å². The van der Waals surface area contributed by atoms with E-state index < -0.39 is 5.91 Å². The molecule has 0 aliphatic rings. The molecule has 0 unspecified atom stereocenters. The van der Waals surface area contributed by atoms with Crippen LogP contribution >= 0.6 is 11.3 Å². The van der Waals surface area contributed by atoms with Gasteiger partial charge in [-0.2, -0.15) is 0 Å². The minimum absolute atomic E-state index is 0.331. The number of benzene rings is 1. The van der Waals surface area contributed by atoms with E-state index in [-0.39, 0.29) is 0 Å². The smallest absolute Gasteiger partial charge is 0.268 e. The summed E-state index contributed by atoms with van der Waals surface area (Å²) < 4.78 is 0. The van der Waals surface area contributed by atoms with E-state index in [2.05, 4.69) is 31.0 Å². The fourth-order valence-corrected chi connectivity index (χ4v) is 2.35. The van der Waals surface area contributed by atoms with Crippen molar-refractivity contribution in [2.75, 3.05) is 0 Å². The number of nitrogens with zero attached hydrogens (tertiary/aromatic N) is 1. The maximum absolute atomic E-state index is 11.0. The number of hydrogen-bond acceptors (Lipinski definition) is 3. The third-order valence-corrected chi connectivity index (χ3v) is 3.47. The molecular weight excluding hydrogens is 232 g/mol. The van der Waals surface area contributed by atoms with Crippen LogP contribution in [-0.2, 0) is 0 Å². The minimum Gasteiger partial charge on any atom is -0.364 e. The molecule has 1 aromatic heterocycles. The van der Waals surface area contributed by atoms with Gasteiger partial charge in [0.25, 0.3) is 5.91 Å². The van der Waals surface area contributed by atoms with Gasteiger partial charge in [-0.1, -0.05) is 38.1 Å². The molecule has 4 heteroatoms. The van der Waals surface area contributed by atoms with E-state index in [1.54, 1.807) is 5.38 Å². The lowest BCUT2D eigenvalue weighted by molar-refractivity contribution is 0.0996. The van der Waals surface area contributed by atoms with Crippen LogP contribution in [0, 0.1) is 0 Å². The van der Waals surface area contributed by atoms with Crippen molar-refractivity contribution in [1.29, 1.82) is 0 Å². The predicted octanol–water partition coefficient (Wildman–Crippen LogP) is 3.03. The van der Waals surface area contributed by atoms with Crippen molar-refractivity contribution >= 4 is 17.2 Å². The predicted molar refractivity (Wildman–Crippen MR) is 70.2 cm³/mol. The topological polar surface area (TPSA) is 56.0 Å². The summed E-state index contributed by atoms with van der Waals surface area (Å²) in [4.78, 5) is 15.2. The van der Waals surface area contributed by atoms with Crippen LogP contribution in [0.4, 0.5) is 0 Å². The third-order valence-electron chi connectivity index (χ3n) is 2.58. The highest BCUT2D eigenvalue weighted by atomic mass is 32.1. The molecule has 1 amide bonds. The molecular formula is C13H14N2OS. The molecule has 0 fully saturated rings. The summed E-state index contributed by atoms with van der Waals surface area (Å²) in [5, 5.41) is 2.52. The molecule has 0 aliphatic heterocycles. The third kappa shape index (κ3) is 2.53. The van der Waals surface area contributed by atoms with Gasteiger partial charge in [-0.15, -0.1) is 11.3 Å². The Kier molecular flexibility index (Phi) is 3.24. The van der Waals surface area contributed by atoms with Crippen LogP contribution in [0.25, 0.3) is 10.6 Å². The van der Waals surface area contributed by atoms with E-state index in [0.29, 0.717) is 11.6 Å². The molecule has 1 heterocycles. The summed E-state index contributed by atoms with van der Waals surface area (Å²) in [6, 6.07) is 8.23. The van der Waals surface area contributed by atoms with Gasteiger partial charge >= 0.3 is 0 Å². The number of rotatable bonds is 3. The van der Waals surface area contributed by atoms with Gasteiger partial charge in [0, 0.05) is 10.9 Å². The lowest BCUT2D eigenvalue weighted by Gasteiger charge is -2.05. The minimum atomic E-state index is -0.480. The molecule has 0 atom stereocenters. The van der Waals surface area contributed by atoms with Crippen molar-refractivity contribution in [1.82, 2.24) is 4.98 Å². The Morgan fingerprint density at radius 2 is 1.94 bits per heavy atom. The van der Waals surface area contributed by atoms with Gasteiger partial charge in [-0.05, 0) is 11.5 Å². The Hall–Kier alpha value is -1.68. The van der Waals surface area contributed by atoms with E-state index >= 15 is 0 Å². The van der Waals surface area contributed by atoms with Crippen molar-refractivity contribution in [3.63, 3.8) is 0 Å². The van der Waals surface area contributed by atoms with Gasteiger partial charge in [0.2, 0.25) is 0 Å². The largest absolute Gasteiger partial charge is 0.364 e.